The number of methoxy groups -OCH3 is 1. The molecule has 0 saturated heterocycles. The first-order chi connectivity index (χ1) is 7.33. The first kappa shape index (κ1) is 9.52. The first-order valence-corrected chi connectivity index (χ1v) is 4.64. The van der Waals surface area contributed by atoms with Crippen molar-refractivity contribution in [2.75, 3.05) is 7.11 Å². The van der Waals surface area contributed by atoms with Gasteiger partial charge in [-0.1, -0.05) is 30.3 Å². The Bertz CT molecular complexity index is 459. The van der Waals surface area contributed by atoms with Gasteiger partial charge in [-0.2, -0.15) is 0 Å². The number of benzene rings is 1. The lowest BCUT2D eigenvalue weighted by atomic mass is 10.1. The van der Waals surface area contributed by atoms with Crippen LogP contribution >= 0.6 is 0 Å². The van der Waals surface area contributed by atoms with Crippen LogP contribution in [0.1, 0.15) is 10.5 Å². The van der Waals surface area contributed by atoms with E-state index in [4.69, 9.17) is 0 Å². The summed E-state index contributed by atoms with van der Waals surface area (Å²) < 4.78 is 4.69. The van der Waals surface area contributed by atoms with E-state index in [-0.39, 0.29) is 5.97 Å². The standard InChI is InChI=1S/C12H11NO2/c1-15-12(14)11-10(7-8-13-11)9-5-3-2-4-6-9/h2-8,13H,1H3. The van der Waals surface area contributed by atoms with E-state index in [0.29, 0.717) is 5.69 Å². The number of H-pyrrole nitrogens is 1. The Morgan fingerprint density at radius 2 is 1.93 bits per heavy atom. The zero-order chi connectivity index (χ0) is 10.7. The van der Waals surface area contributed by atoms with Crippen LogP contribution in [0, 0.1) is 0 Å². The van der Waals surface area contributed by atoms with E-state index in [1.165, 1.54) is 7.11 Å². The predicted octanol–water partition coefficient (Wildman–Crippen LogP) is 2.47. The van der Waals surface area contributed by atoms with Gasteiger partial charge < -0.3 is 9.72 Å². The van der Waals surface area contributed by atoms with E-state index in [9.17, 15) is 4.79 Å². The molecule has 0 fully saturated rings. The number of carbonyl (C=O) groups excluding carboxylic acids is 1. The van der Waals surface area contributed by atoms with Crippen molar-refractivity contribution in [1.29, 1.82) is 0 Å². The van der Waals surface area contributed by atoms with Crippen molar-refractivity contribution < 1.29 is 9.53 Å². The second-order valence-corrected chi connectivity index (χ2v) is 3.12. The lowest BCUT2D eigenvalue weighted by Gasteiger charge is -2.01. The highest BCUT2D eigenvalue weighted by Crippen LogP contribution is 2.22. The van der Waals surface area contributed by atoms with Crippen LogP contribution in [0.15, 0.2) is 42.6 Å². The Kier molecular flexibility index (Phi) is 2.54. The maximum atomic E-state index is 11.4. The van der Waals surface area contributed by atoms with Gasteiger partial charge in [-0.25, -0.2) is 4.79 Å². The fourth-order valence-corrected chi connectivity index (χ4v) is 1.50. The minimum atomic E-state index is -0.348. The normalized spacial score (nSPS) is 9.93. The average Bonchev–Trinajstić information content (AvgIpc) is 2.78. The van der Waals surface area contributed by atoms with Gasteiger partial charge in [0.05, 0.1) is 7.11 Å². The highest BCUT2D eigenvalue weighted by molar-refractivity contribution is 5.95. The van der Waals surface area contributed by atoms with Crippen LogP contribution in [-0.2, 0) is 4.74 Å². The summed E-state index contributed by atoms with van der Waals surface area (Å²) >= 11 is 0. The molecule has 1 N–H and O–H groups in total. The van der Waals surface area contributed by atoms with E-state index >= 15 is 0 Å². The van der Waals surface area contributed by atoms with Gasteiger partial charge in [0.25, 0.3) is 0 Å². The molecule has 0 unspecified atom stereocenters. The maximum absolute atomic E-state index is 11.4. The van der Waals surface area contributed by atoms with Crippen LogP contribution in [0.2, 0.25) is 0 Å². The summed E-state index contributed by atoms with van der Waals surface area (Å²) in [5, 5.41) is 0. The van der Waals surface area contributed by atoms with Crippen molar-refractivity contribution in [2.45, 2.75) is 0 Å². The van der Waals surface area contributed by atoms with E-state index in [1.807, 2.05) is 36.4 Å². The highest BCUT2D eigenvalue weighted by atomic mass is 16.5. The lowest BCUT2D eigenvalue weighted by Crippen LogP contribution is -2.02. The summed E-state index contributed by atoms with van der Waals surface area (Å²) in [6.45, 7) is 0. The topological polar surface area (TPSA) is 42.1 Å². The summed E-state index contributed by atoms with van der Waals surface area (Å²) in [5.41, 5.74) is 2.35. The number of hydrogen-bond donors (Lipinski definition) is 1. The Morgan fingerprint density at radius 3 is 2.60 bits per heavy atom. The molecule has 2 aromatic rings. The molecule has 1 heterocycles. The summed E-state index contributed by atoms with van der Waals surface area (Å²) in [6, 6.07) is 11.6. The summed E-state index contributed by atoms with van der Waals surface area (Å²) in [7, 11) is 1.37. The zero-order valence-corrected chi connectivity index (χ0v) is 8.36. The van der Waals surface area contributed by atoms with Crippen LogP contribution in [-0.4, -0.2) is 18.1 Å². The molecule has 3 nitrogen and oxygen atoms in total. The van der Waals surface area contributed by atoms with Crippen LogP contribution in [0.5, 0.6) is 0 Å². The number of carbonyl (C=O) groups is 1. The van der Waals surface area contributed by atoms with Crippen molar-refractivity contribution in [3.8, 4) is 11.1 Å². The highest BCUT2D eigenvalue weighted by Gasteiger charge is 2.13. The number of aromatic amines is 1. The molecule has 0 aliphatic carbocycles. The molecule has 0 atom stereocenters. The van der Waals surface area contributed by atoms with Gasteiger partial charge in [-0.3, -0.25) is 0 Å². The molecule has 0 aliphatic rings. The van der Waals surface area contributed by atoms with E-state index in [1.54, 1.807) is 6.20 Å². The van der Waals surface area contributed by atoms with Crippen LogP contribution in [0.4, 0.5) is 0 Å². The molecule has 3 heteroatoms. The summed E-state index contributed by atoms with van der Waals surface area (Å²) in [5.74, 6) is -0.348. The third kappa shape index (κ3) is 1.76. The number of nitrogens with one attached hydrogen (secondary N) is 1. The first-order valence-electron chi connectivity index (χ1n) is 4.64. The van der Waals surface area contributed by atoms with Gasteiger partial charge in [0.1, 0.15) is 5.69 Å². The van der Waals surface area contributed by atoms with Crippen LogP contribution in [0.25, 0.3) is 11.1 Å². The SMILES string of the molecule is COC(=O)c1[nH]ccc1-c1ccccc1. The molecule has 15 heavy (non-hydrogen) atoms. The number of rotatable bonds is 2. The molecular weight excluding hydrogens is 190 g/mol. The molecule has 0 radical (unpaired) electrons. The molecular formula is C12H11NO2. The fourth-order valence-electron chi connectivity index (χ4n) is 1.50. The van der Waals surface area contributed by atoms with Gasteiger partial charge in [0.2, 0.25) is 0 Å². The maximum Gasteiger partial charge on any atom is 0.355 e. The molecule has 0 bridgehead atoms. The van der Waals surface area contributed by atoms with Gasteiger partial charge in [0, 0.05) is 11.8 Å². The molecule has 1 aromatic carbocycles. The molecule has 0 saturated carbocycles. The molecule has 76 valence electrons. The monoisotopic (exact) mass is 201 g/mol. The van der Waals surface area contributed by atoms with Crippen molar-refractivity contribution >= 4 is 5.97 Å². The minimum Gasteiger partial charge on any atom is -0.464 e. The van der Waals surface area contributed by atoms with E-state index in [0.717, 1.165) is 11.1 Å². The quantitative estimate of drug-likeness (QED) is 0.758. The third-order valence-electron chi connectivity index (χ3n) is 2.22. The van der Waals surface area contributed by atoms with Gasteiger partial charge >= 0.3 is 5.97 Å². The summed E-state index contributed by atoms with van der Waals surface area (Å²) in [6.07, 6.45) is 1.73. The second-order valence-electron chi connectivity index (χ2n) is 3.12. The van der Waals surface area contributed by atoms with E-state index < -0.39 is 0 Å². The number of aromatic nitrogens is 1. The Morgan fingerprint density at radius 1 is 1.20 bits per heavy atom. The minimum absolute atomic E-state index is 0.348. The Hall–Kier alpha value is -2.03. The van der Waals surface area contributed by atoms with Gasteiger partial charge in [0.15, 0.2) is 0 Å². The van der Waals surface area contributed by atoms with Gasteiger partial charge in [-0.05, 0) is 11.6 Å². The predicted molar refractivity (Wildman–Crippen MR) is 57.6 cm³/mol. The molecule has 2 rings (SSSR count). The molecule has 1 aromatic heterocycles. The number of hydrogen-bond acceptors (Lipinski definition) is 2. The second kappa shape index (κ2) is 4.00. The molecule has 0 aliphatic heterocycles. The smallest absolute Gasteiger partial charge is 0.355 e. The van der Waals surface area contributed by atoms with Crippen molar-refractivity contribution in [2.24, 2.45) is 0 Å². The van der Waals surface area contributed by atoms with Crippen LogP contribution < -0.4 is 0 Å². The van der Waals surface area contributed by atoms with Crippen molar-refractivity contribution in [3.05, 3.63) is 48.3 Å². The largest absolute Gasteiger partial charge is 0.464 e. The lowest BCUT2D eigenvalue weighted by molar-refractivity contribution is 0.0596. The summed E-state index contributed by atoms with van der Waals surface area (Å²) in [4.78, 5) is 14.3. The van der Waals surface area contributed by atoms with Crippen molar-refractivity contribution in [1.82, 2.24) is 4.98 Å². The average molecular weight is 201 g/mol. The fraction of sp³-hybridized carbons (Fsp3) is 0.0833. The van der Waals surface area contributed by atoms with Crippen molar-refractivity contribution in [3.63, 3.8) is 0 Å². The molecule has 0 amide bonds. The Labute approximate surface area is 87.7 Å². The number of esters is 1. The number of ether oxygens (including phenoxy) is 1. The van der Waals surface area contributed by atoms with Crippen LogP contribution in [0.3, 0.4) is 0 Å². The van der Waals surface area contributed by atoms with E-state index in [2.05, 4.69) is 9.72 Å². The van der Waals surface area contributed by atoms with Gasteiger partial charge in [-0.15, -0.1) is 0 Å². The third-order valence-corrected chi connectivity index (χ3v) is 2.22. The Balaban J connectivity index is 2.46. The zero-order valence-electron chi connectivity index (χ0n) is 8.36. The molecule has 0 spiro atoms.